The molecule has 1 aliphatic carbocycles. The standard InChI is InChI=1S/C28H39NO3/c1-6-8-13-22(3)32-27-17-12-16-26(20-27)21-29(7-2)23(4)28(24(5)30)31-19-18-25-14-10-9-11-15-25/h6,8,12-13,16-17,20,25H,1,3,7,9-11,14-15,18-19,21H2,2,4-5H3/b13-8-,28-23-. The Bertz CT molecular complexity index is 831. The SMILES string of the molecule is C=C/C=C\C(=C)Oc1cccc(CN(CC)/C(C)=C(\OCCC2CCCCC2)C(C)=O)c1. The second-order valence-corrected chi connectivity index (χ2v) is 8.44. The van der Waals surface area contributed by atoms with Crippen molar-refractivity contribution in [1.82, 2.24) is 4.90 Å². The number of carbonyl (C=O) groups is 1. The van der Waals surface area contributed by atoms with Gasteiger partial charge in [-0.05, 0) is 50.0 Å². The average Bonchev–Trinajstić information content (AvgIpc) is 2.79. The molecule has 0 radical (unpaired) electrons. The van der Waals surface area contributed by atoms with E-state index >= 15 is 0 Å². The van der Waals surface area contributed by atoms with E-state index in [9.17, 15) is 4.79 Å². The molecule has 0 heterocycles. The molecular weight excluding hydrogens is 398 g/mol. The summed E-state index contributed by atoms with van der Waals surface area (Å²) in [6, 6.07) is 7.93. The van der Waals surface area contributed by atoms with Crippen LogP contribution < -0.4 is 4.74 Å². The van der Waals surface area contributed by atoms with E-state index in [4.69, 9.17) is 9.47 Å². The molecule has 0 amide bonds. The van der Waals surface area contributed by atoms with Crippen LogP contribution in [0.15, 0.2) is 72.9 Å². The summed E-state index contributed by atoms with van der Waals surface area (Å²) in [6.07, 6.45) is 12.8. The lowest BCUT2D eigenvalue weighted by atomic mass is 9.87. The van der Waals surface area contributed by atoms with Crippen LogP contribution >= 0.6 is 0 Å². The minimum absolute atomic E-state index is 0.0213. The fourth-order valence-corrected chi connectivity index (χ4v) is 4.16. The molecular formula is C28H39NO3. The van der Waals surface area contributed by atoms with Crippen LogP contribution in [0.2, 0.25) is 0 Å². The summed E-state index contributed by atoms with van der Waals surface area (Å²) in [5, 5.41) is 0. The predicted octanol–water partition coefficient (Wildman–Crippen LogP) is 6.95. The van der Waals surface area contributed by atoms with E-state index in [-0.39, 0.29) is 5.78 Å². The van der Waals surface area contributed by atoms with Crippen LogP contribution in [0.4, 0.5) is 0 Å². The lowest BCUT2D eigenvalue weighted by molar-refractivity contribution is -0.117. The monoisotopic (exact) mass is 437 g/mol. The third-order valence-corrected chi connectivity index (χ3v) is 5.94. The zero-order valence-corrected chi connectivity index (χ0v) is 20.1. The van der Waals surface area contributed by atoms with E-state index in [0.717, 1.165) is 35.9 Å². The van der Waals surface area contributed by atoms with Crippen LogP contribution in [0.1, 0.15) is 64.9 Å². The van der Waals surface area contributed by atoms with Gasteiger partial charge in [-0.15, -0.1) is 0 Å². The van der Waals surface area contributed by atoms with Gasteiger partial charge in [-0.25, -0.2) is 0 Å². The zero-order valence-electron chi connectivity index (χ0n) is 20.1. The van der Waals surface area contributed by atoms with Gasteiger partial charge in [0.05, 0.1) is 12.3 Å². The first-order valence-corrected chi connectivity index (χ1v) is 11.8. The average molecular weight is 438 g/mol. The Labute approximate surface area is 194 Å². The predicted molar refractivity (Wildman–Crippen MR) is 132 cm³/mol. The Morgan fingerprint density at radius 3 is 2.62 bits per heavy atom. The number of benzene rings is 1. The zero-order chi connectivity index (χ0) is 23.3. The molecule has 0 N–H and O–H groups in total. The van der Waals surface area contributed by atoms with Crippen molar-refractivity contribution >= 4 is 5.78 Å². The molecule has 4 heteroatoms. The largest absolute Gasteiger partial charge is 0.488 e. The number of ether oxygens (including phenoxy) is 2. The number of nitrogens with zero attached hydrogens (tertiary/aromatic N) is 1. The summed E-state index contributed by atoms with van der Waals surface area (Å²) in [4.78, 5) is 14.5. The summed E-state index contributed by atoms with van der Waals surface area (Å²) in [7, 11) is 0. The van der Waals surface area contributed by atoms with Gasteiger partial charge in [0.15, 0.2) is 11.5 Å². The summed E-state index contributed by atoms with van der Waals surface area (Å²) in [6.45, 7) is 15.2. The highest BCUT2D eigenvalue weighted by molar-refractivity contribution is 5.91. The maximum atomic E-state index is 12.3. The molecule has 0 saturated heterocycles. The number of rotatable bonds is 13. The second-order valence-electron chi connectivity index (χ2n) is 8.44. The summed E-state index contributed by atoms with van der Waals surface area (Å²) >= 11 is 0. The maximum Gasteiger partial charge on any atom is 0.196 e. The summed E-state index contributed by atoms with van der Waals surface area (Å²) < 4.78 is 11.8. The van der Waals surface area contributed by atoms with E-state index in [2.05, 4.69) is 31.0 Å². The first-order valence-electron chi connectivity index (χ1n) is 11.8. The van der Waals surface area contributed by atoms with Crippen LogP contribution in [0, 0.1) is 5.92 Å². The van der Waals surface area contributed by atoms with Crippen LogP contribution in [-0.4, -0.2) is 23.8 Å². The molecule has 0 aromatic heterocycles. The molecule has 0 unspecified atom stereocenters. The molecule has 1 saturated carbocycles. The van der Waals surface area contributed by atoms with E-state index in [1.165, 1.54) is 32.1 Å². The summed E-state index contributed by atoms with van der Waals surface area (Å²) in [5.74, 6) is 2.48. The Balaban J connectivity index is 2.05. The van der Waals surface area contributed by atoms with Crippen molar-refractivity contribution in [2.45, 2.75) is 65.8 Å². The van der Waals surface area contributed by atoms with Crippen molar-refractivity contribution in [2.24, 2.45) is 5.92 Å². The van der Waals surface area contributed by atoms with Crippen LogP contribution in [0.5, 0.6) is 5.75 Å². The number of hydrogen-bond donors (Lipinski definition) is 0. The molecule has 0 bridgehead atoms. The topological polar surface area (TPSA) is 38.8 Å². The van der Waals surface area contributed by atoms with Crippen molar-refractivity contribution < 1.29 is 14.3 Å². The molecule has 0 atom stereocenters. The number of ketones is 1. The summed E-state index contributed by atoms with van der Waals surface area (Å²) in [5.41, 5.74) is 1.97. The van der Waals surface area contributed by atoms with E-state index in [1.54, 1.807) is 25.2 Å². The molecule has 0 aliphatic heterocycles. The minimum Gasteiger partial charge on any atom is -0.488 e. The molecule has 1 fully saturated rings. The van der Waals surface area contributed by atoms with Crippen LogP contribution in [0.3, 0.4) is 0 Å². The van der Waals surface area contributed by atoms with Crippen molar-refractivity contribution in [3.8, 4) is 5.75 Å². The Morgan fingerprint density at radius 2 is 1.97 bits per heavy atom. The third-order valence-electron chi connectivity index (χ3n) is 5.94. The van der Waals surface area contributed by atoms with Gasteiger partial charge in [-0.3, -0.25) is 4.79 Å². The molecule has 1 aromatic rings. The number of allylic oxidation sites excluding steroid dienone is 5. The second kappa shape index (κ2) is 13.6. The van der Waals surface area contributed by atoms with Crippen molar-refractivity contribution in [3.63, 3.8) is 0 Å². The van der Waals surface area contributed by atoms with Crippen LogP contribution in [-0.2, 0) is 16.1 Å². The quantitative estimate of drug-likeness (QED) is 0.190. The Kier molecular flexibility index (Phi) is 10.9. The van der Waals surface area contributed by atoms with Crippen molar-refractivity contribution in [2.75, 3.05) is 13.2 Å². The van der Waals surface area contributed by atoms with E-state index in [0.29, 0.717) is 24.7 Å². The fraction of sp³-hybridized carbons (Fsp3) is 0.464. The highest BCUT2D eigenvalue weighted by Crippen LogP contribution is 2.27. The van der Waals surface area contributed by atoms with E-state index in [1.807, 2.05) is 25.1 Å². The molecule has 2 rings (SSSR count). The fourth-order valence-electron chi connectivity index (χ4n) is 4.16. The molecule has 4 nitrogen and oxygen atoms in total. The molecule has 174 valence electrons. The van der Waals surface area contributed by atoms with Gasteiger partial charge < -0.3 is 14.4 Å². The van der Waals surface area contributed by atoms with Crippen LogP contribution in [0.25, 0.3) is 0 Å². The van der Waals surface area contributed by atoms with Gasteiger partial charge in [-0.2, -0.15) is 0 Å². The smallest absolute Gasteiger partial charge is 0.196 e. The first-order chi connectivity index (χ1) is 15.4. The highest BCUT2D eigenvalue weighted by atomic mass is 16.5. The van der Waals surface area contributed by atoms with Crippen molar-refractivity contribution in [1.29, 1.82) is 0 Å². The maximum absolute atomic E-state index is 12.3. The Hall–Kier alpha value is -2.75. The van der Waals surface area contributed by atoms with Gasteiger partial charge in [-0.1, -0.05) is 69.5 Å². The first kappa shape index (κ1) is 25.5. The minimum atomic E-state index is -0.0213. The highest BCUT2D eigenvalue weighted by Gasteiger charge is 2.18. The molecule has 0 spiro atoms. The molecule has 1 aromatic carbocycles. The lowest BCUT2D eigenvalue weighted by Crippen LogP contribution is -2.24. The third kappa shape index (κ3) is 8.41. The number of Topliss-reactive ketones (excluding diaryl/α,β-unsaturated/α-hetero) is 1. The molecule has 32 heavy (non-hydrogen) atoms. The van der Waals surface area contributed by atoms with Gasteiger partial charge in [0.25, 0.3) is 0 Å². The Morgan fingerprint density at radius 1 is 1.22 bits per heavy atom. The number of carbonyl (C=O) groups excluding carboxylic acids is 1. The molecule has 1 aliphatic rings. The van der Waals surface area contributed by atoms with Gasteiger partial charge in [0, 0.05) is 20.0 Å². The van der Waals surface area contributed by atoms with E-state index < -0.39 is 0 Å². The lowest BCUT2D eigenvalue weighted by Gasteiger charge is -2.27. The van der Waals surface area contributed by atoms with Gasteiger partial charge >= 0.3 is 0 Å². The normalized spacial score (nSPS) is 15.2. The van der Waals surface area contributed by atoms with Gasteiger partial charge in [0.2, 0.25) is 0 Å². The number of hydrogen-bond acceptors (Lipinski definition) is 4. The van der Waals surface area contributed by atoms with Crippen molar-refractivity contribution in [3.05, 3.63) is 78.4 Å². The van der Waals surface area contributed by atoms with Gasteiger partial charge in [0.1, 0.15) is 11.5 Å².